The van der Waals surface area contributed by atoms with Gasteiger partial charge in [0.05, 0.1) is 26.2 Å². The highest BCUT2D eigenvalue weighted by Crippen LogP contribution is 2.12. The van der Waals surface area contributed by atoms with Crippen LogP contribution in [0.5, 0.6) is 0 Å². The van der Waals surface area contributed by atoms with Crippen LogP contribution in [0, 0.1) is 5.92 Å². The molecule has 5 nitrogen and oxygen atoms in total. The average molecular weight is 228 g/mol. The van der Waals surface area contributed by atoms with Gasteiger partial charge in [-0.2, -0.15) is 0 Å². The smallest absolute Gasteiger partial charge is 0.307 e. The number of esters is 1. The number of carbonyl (C=O) groups excluding carboxylic acids is 2. The molecule has 1 fully saturated rings. The first-order valence-corrected chi connectivity index (χ1v) is 5.63. The van der Waals surface area contributed by atoms with Gasteiger partial charge >= 0.3 is 5.97 Å². The van der Waals surface area contributed by atoms with E-state index in [1.165, 1.54) is 7.11 Å². The molecule has 1 heterocycles. The second-order valence-electron chi connectivity index (χ2n) is 4.47. The highest BCUT2D eigenvalue weighted by atomic mass is 16.5. The van der Waals surface area contributed by atoms with E-state index in [1.54, 1.807) is 4.90 Å². The standard InChI is InChI=1S/C11H20N2O3/c1-8(2)6-9-11(15)13(7-12-9)5-4-10(14)16-3/h8-9,12H,4-7H2,1-3H3. The lowest BCUT2D eigenvalue weighted by molar-refractivity contribution is -0.141. The van der Waals surface area contributed by atoms with Gasteiger partial charge in [-0.05, 0) is 12.3 Å². The Balaban J connectivity index is 2.36. The first kappa shape index (κ1) is 13.0. The quantitative estimate of drug-likeness (QED) is 0.690. The summed E-state index contributed by atoms with van der Waals surface area (Å²) in [5.41, 5.74) is 0. The van der Waals surface area contributed by atoms with Gasteiger partial charge in [-0.15, -0.1) is 0 Å². The number of rotatable bonds is 5. The van der Waals surface area contributed by atoms with Crippen molar-refractivity contribution in [3.63, 3.8) is 0 Å². The maximum atomic E-state index is 11.9. The van der Waals surface area contributed by atoms with Gasteiger partial charge in [0, 0.05) is 6.54 Å². The Hall–Kier alpha value is -1.10. The van der Waals surface area contributed by atoms with Gasteiger partial charge in [-0.3, -0.25) is 14.9 Å². The SMILES string of the molecule is COC(=O)CCN1CNC(CC(C)C)C1=O. The third-order valence-corrected chi connectivity index (χ3v) is 2.66. The van der Waals surface area contributed by atoms with Gasteiger partial charge < -0.3 is 9.64 Å². The number of ether oxygens (including phenoxy) is 1. The molecular weight excluding hydrogens is 208 g/mol. The van der Waals surface area contributed by atoms with E-state index in [-0.39, 0.29) is 24.3 Å². The molecule has 0 aromatic heterocycles. The van der Waals surface area contributed by atoms with Crippen molar-refractivity contribution < 1.29 is 14.3 Å². The normalized spacial score (nSPS) is 20.6. The van der Waals surface area contributed by atoms with Crippen LogP contribution in [0.4, 0.5) is 0 Å². The van der Waals surface area contributed by atoms with Crippen molar-refractivity contribution >= 4 is 11.9 Å². The summed E-state index contributed by atoms with van der Waals surface area (Å²) in [6.07, 6.45) is 1.10. The van der Waals surface area contributed by atoms with E-state index in [0.717, 1.165) is 6.42 Å². The molecule has 0 radical (unpaired) electrons. The van der Waals surface area contributed by atoms with Gasteiger partial charge in [0.25, 0.3) is 0 Å². The molecule has 1 unspecified atom stereocenters. The van der Waals surface area contributed by atoms with Crippen LogP contribution >= 0.6 is 0 Å². The third-order valence-electron chi connectivity index (χ3n) is 2.66. The summed E-state index contributed by atoms with van der Waals surface area (Å²) in [7, 11) is 1.36. The number of methoxy groups -OCH3 is 1. The Kier molecular flexibility index (Phi) is 4.73. The highest BCUT2D eigenvalue weighted by molar-refractivity contribution is 5.84. The van der Waals surface area contributed by atoms with Crippen LogP contribution in [0.2, 0.25) is 0 Å². The predicted molar refractivity (Wildman–Crippen MR) is 59.6 cm³/mol. The van der Waals surface area contributed by atoms with Crippen LogP contribution in [0.1, 0.15) is 26.7 Å². The van der Waals surface area contributed by atoms with Gasteiger partial charge in [0.15, 0.2) is 0 Å². The molecule has 0 bridgehead atoms. The van der Waals surface area contributed by atoms with Gasteiger partial charge in [-0.1, -0.05) is 13.8 Å². The summed E-state index contributed by atoms with van der Waals surface area (Å²) in [6, 6.07) is -0.0855. The fraction of sp³-hybridized carbons (Fsp3) is 0.818. The van der Waals surface area contributed by atoms with E-state index < -0.39 is 0 Å². The molecule has 1 saturated heterocycles. The largest absolute Gasteiger partial charge is 0.469 e. The third kappa shape index (κ3) is 3.48. The summed E-state index contributed by atoms with van der Waals surface area (Å²) in [5.74, 6) is 0.305. The van der Waals surface area contributed by atoms with Crippen LogP contribution in [0.15, 0.2) is 0 Å². The fourth-order valence-corrected chi connectivity index (χ4v) is 1.78. The van der Waals surface area contributed by atoms with Crippen molar-refractivity contribution in [1.29, 1.82) is 0 Å². The molecule has 92 valence electrons. The molecular formula is C11H20N2O3. The maximum absolute atomic E-state index is 11.9. The van der Waals surface area contributed by atoms with Crippen LogP contribution in [-0.2, 0) is 14.3 Å². The second kappa shape index (κ2) is 5.84. The van der Waals surface area contributed by atoms with Crippen molar-refractivity contribution in [2.45, 2.75) is 32.7 Å². The number of nitrogens with one attached hydrogen (secondary N) is 1. The number of nitrogens with zero attached hydrogens (tertiary/aromatic N) is 1. The molecule has 1 atom stereocenters. The maximum Gasteiger partial charge on any atom is 0.307 e. The topological polar surface area (TPSA) is 58.6 Å². The zero-order chi connectivity index (χ0) is 12.1. The van der Waals surface area contributed by atoms with Crippen LogP contribution in [-0.4, -0.2) is 43.1 Å². The van der Waals surface area contributed by atoms with Crippen molar-refractivity contribution in [2.24, 2.45) is 5.92 Å². The Morgan fingerprint density at radius 1 is 1.62 bits per heavy atom. The van der Waals surface area contributed by atoms with E-state index >= 15 is 0 Å². The number of amides is 1. The molecule has 1 aliphatic rings. The van der Waals surface area contributed by atoms with E-state index in [0.29, 0.717) is 19.1 Å². The first-order chi connectivity index (χ1) is 7.54. The zero-order valence-electron chi connectivity index (χ0n) is 10.2. The summed E-state index contributed by atoms with van der Waals surface area (Å²) < 4.78 is 4.54. The van der Waals surface area contributed by atoms with Gasteiger partial charge in [0.1, 0.15) is 0 Å². The minimum atomic E-state index is -0.278. The van der Waals surface area contributed by atoms with E-state index in [4.69, 9.17) is 0 Å². The van der Waals surface area contributed by atoms with Crippen molar-refractivity contribution in [3.05, 3.63) is 0 Å². The van der Waals surface area contributed by atoms with Crippen LogP contribution in [0.3, 0.4) is 0 Å². The molecule has 0 spiro atoms. The molecule has 0 saturated carbocycles. The average Bonchev–Trinajstić information content (AvgIpc) is 2.56. The lowest BCUT2D eigenvalue weighted by Crippen LogP contribution is -2.32. The molecule has 5 heteroatoms. The second-order valence-corrected chi connectivity index (χ2v) is 4.47. The Morgan fingerprint density at radius 2 is 2.31 bits per heavy atom. The summed E-state index contributed by atoms with van der Waals surface area (Å²) >= 11 is 0. The van der Waals surface area contributed by atoms with E-state index in [9.17, 15) is 9.59 Å². The minimum absolute atomic E-state index is 0.0855. The minimum Gasteiger partial charge on any atom is -0.469 e. The number of hydrogen-bond acceptors (Lipinski definition) is 4. The summed E-state index contributed by atoms with van der Waals surface area (Å²) in [4.78, 5) is 24.5. The predicted octanol–water partition coefficient (Wildman–Crippen LogP) is 0.353. The van der Waals surface area contributed by atoms with Crippen LogP contribution < -0.4 is 5.32 Å². The monoisotopic (exact) mass is 228 g/mol. The van der Waals surface area contributed by atoms with Crippen LogP contribution in [0.25, 0.3) is 0 Å². The molecule has 0 aliphatic carbocycles. The number of hydrogen-bond donors (Lipinski definition) is 1. The number of carbonyl (C=O) groups is 2. The molecule has 1 rings (SSSR count). The molecule has 0 aromatic rings. The summed E-state index contributed by atoms with van der Waals surface area (Å²) in [6.45, 7) is 5.15. The Bertz CT molecular complexity index is 266. The van der Waals surface area contributed by atoms with E-state index in [2.05, 4.69) is 23.9 Å². The van der Waals surface area contributed by atoms with Crippen molar-refractivity contribution in [2.75, 3.05) is 20.3 Å². The van der Waals surface area contributed by atoms with Gasteiger partial charge in [-0.25, -0.2) is 0 Å². The van der Waals surface area contributed by atoms with Crippen molar-refractivity contribution in [1.82, 2.24) is 10.2 Å². The zero-order valence-corrected chi connectivity index (χ0v) is 10.2. The molecule has 16 heavy (non-hydrogen) atoms. The lowest BCUT2D eigenvalue weighted by Gasteiger charge is -2.15. The Labute approximate surface area is 96.1 Å². The van der Waals surface area contributed by atoms with Gasteiger partial charge in [0.2, 0.25) is 5.91 Å². The molecule has 1 N–H and O–H groups in total. The molecule has 0 aromatic carbocycles. The highest BCUT2D eigenvalue weighted by Gasteiger charge is 2.31. The first-order valence-electron chi connectivity index (χ1n) is 5.63. The fourth-order valence-electron chi connectivity index (χ4n) is 1.78. The molecule has 1 amide bonds. The Morgan fingerprint density at radius 3 is 2.88 bits per heavy atom. The summed E-state index contributed by atoms with van der Waals surface area (Å²) in [5, 5.41) is 3.15. The lowest BCUT2D eigenvalue weighted by atomic mass is 10.0. The van der Waals surface area contributed by atoms with E-state index in [1.807, 2.05) is 0 Å². The van der Waals surface area contributed by atoms with Crippen molar-refractivity contribution in [3.8, 4) is 0 Å². The molecule has 1 aliphatic heterocycles.